The van der Waals surface area contributed by atoms with Gasteiger partial charge in [-0.25, -0.2) is 4.98 Å². The molecule has 3 aromatic rings. The summed E-state index contributed by atoms with van der Waals surface area (Å²) in [5.74, 6) is 0. The second kappa shape index (κ2) is 5.42. The van der Waals surface area contributed by atoms with Crippen LogP contribution in [0.5, 0.6) is 0 Å². The molecule has 3 rings (SSSR count). The van der Waals surface area contributed by atoms with Gasteiger partial charge in [0.2, 0.25) is 0 Å². The molecule has 2 aromatic carbocycles. The van der Waals surface area contributed by atoms with Gasteiger partial charge in [0, 0.05) is 5.69 Å². The van der Waals surface area contributed by atoms with Gasteiger partial charge in [-0.05, 0) is 35.9 Å². The molecule has 1 heterocycles. The number of rotatable bonds is 2. The van der Waals surface area contributed by atoms with E-state index in [2.05, 4.69) is 4.98 Å². The van der Waals surface area contributed by atoms with Crippen LogP contribution in [-0.4, -0.2) is 9.55 Å². The van der Waals surface area contributed by atoms with E-state index >= 15 is 0 Å². The van der Waals surface area contributed by atoms with Gasteiger partial charge in [0.05, 0.1) is 29.3 Å². The topological polar surface area (TPSA) is 60.9 Å². The number of hydrogen-bond donors (Lipinski definition) is 1. The first kappa shape index (κ1) is 15.1. The number of alkyl halides is 3. The Hall–Kier alpha value is -2.83. The standard InChI is InChI=1S/C16H12F3N3O/c17-16(18,19)11-3-1-2-10(6-11)8-22-9-21-14-5-4-12(20)7-13(14)15(22)23/h1-7,9H,8,20H2. The number of hydrogen-bond acceptors (Lipinski definition) is 3. The van der Waals surface area contributed by atoms with Crippen LogP contribution in [0.4, 0.5) is 18.9 Å². The van der Waals surface area contributed by atoms with Crippen LogP contribution in [0.3, 0.4) is 0 Å². The highest BCUT2D eigenvalue weighted by Gasteiger charge is 2.30. The van der Waals surface area contributed by atoms with E-state index in [1.165, 1.54) is 29.1 Å². The van der Waals surface area contributed by atoms with Gasteiger partial charge in [-0.1, -0.05) is 12.1 Å². The fourth-order valence-corrected chi connectivity index (χ4v) is 2.33. The van der Waals surface area contributed by atoms with Crippen LogP contribution in [0.1, 0.15) is 11.1 Å². The summed E-state index contributed by atoms with van der Waals surface area (Å²) >= 11 is 0. The summed E-state index contributed by atoms with van der Waals surface area (Å²) in [4.78, 5) is 16.5. The summed E-state index contributed by atoms with van der Waals surface area (Å²) in [6, 6.07) is 9.63. The summed E-state index contributed by atoms with van der Waals surface area (Å²) in [5.41, 5.74) is 5.85. The Balaban J connectivity index is 2.02. The van der Waals surface area contributed by atoms with Crippen molar-refractivity contribution < 1.29 is 13.2 Å². The minimum atomic E-state index is -4.42. The van der Waals surface area contributed by atoms with E-state index in [4.69, 9.17) is 5.73 Å². The fourth-order valence-electron chi connectivity index (χ4n) is 2.33. The fraction of sp³-hybridized carbons (Fsp3) is 0.125. The molecule has 0 unspecified atom stereocenters. The van der Waals surface area contributed by atoms with E-state index in [0.29, 0.717) is 22.2 Å². The predicted octanol–water partition coefficient (Wildman–Crippen LogP) is 3.05. The second-order valence-electron chi connectivity index (χ2n) is 5.15. The first-order chi connectivity index (χ1) is 10.8. The van der Waals surface area contributed by atoms with Crippen molar-refractivity contribution in [3.8, 4) is 0 Å². The maximum absolute atomic E-state index is 12.7. The summed E-state index contributed by atoms with van der Waals surface area (Å²) < 4.78 is 39.5. The quantitative estimate of drug-likeness (QED) is 0.739. The summed E-state index contributed by atoms with van der Waals surface area (Å²) in [5, 5.41) is 0.333. The van der Waals surface area contributed by atoms with Crippen molar-refractivity contribution in [2.24, 2.45) is 0 Å². The summed E-state index contributed by atoms with van der Waals surface area (Å²) in [6.07, 6.45) is -3.10. The summed E-state index contributed by atoms with van der Waals surface area (Å²) in [6.45, 7) is 0.000488. The van der Waals surface area contributed by atoms with Gasteiger partial charge in [-0.2, -0.15) is 13.2 Å². The van der Waals surface area contributed by atoms with E-state index in [1.807, 2.05) is 0 Å². The van der Waals surface area contributed by atoms with Crippen molar-refractivity contribution in [2.45, 2.75) is 12.7 Å². The van der Waals surface area contributed by atoms with E-state index in [0.717, 1.165) is 12.1 Å². The molecule has 7 heteroatoms. The van der Waals surface area contributed by atoms with Crippen LogP contribution in [0, 0.1) is 0 Å². The number of benzene rings is 2. The minimum Gasteiger partial charge on any atom is -0.399 e. The van der Waals surface area contributed by atoms with Crippen molar-refractivity contribution in [1.82, 2.24) is 9.55 Å². The van der Waals surface area contributed by atoms with E-state index in [1.54, 1.807) is 12.1 Å². The van der Waals surface area contributed by atoms with Gasteiger partial charge in [0.15, 0.2) is 0 Å². The van der Waals surface area contributed by atoms with Crippen molar-refractivity contribution in [3.63, 3.8) is 0 Å². The first-order valence-electron chi connectivity index (χ1n) is 6.75. The number of nitrogen functional groups attached to an aromatic ring is 1. The normalized spacial score (nSPS) is 11.8. The number of fused-ring (bicyclic) bond motifs is 1. The van der Waals surface area contributed by atoms with Gasteiger partial charge in [-0.15, -0.1) is 0 Å². The lowest BCUT2D eigenvalue weighted by atomic mass is 10.1. The zero-order valence-electron chi connectivity index (χ0n) is 11.8. The predicted molar refractivity (Wildman–Crippen MR) is 81.0 cm³/mol. The molecule has 118 valence electrons. The molecule has 0 bridgehead atoms. The smallest absolute Gasteiger partial charge is 0.399 e. The molecule has 0 aliphatic rings. The van der Waals surface area contributed by atoms with Crippen LogP contribution in [0.15, 0.2) is 53.6 Å². The number of halogens is 3. The van der Waals surface area contributed by atoms with Gasteiger partial charge >= 0.3 is 6.18 Å². The van der Waals surface area contributed by atoms with Crippen LogP contribution in [0.25, 0.3) is 10.9 Å². The van der Waals surface area contributed by atoms with E-state index in [-0.39, 0.29) is 12.1 Å². The van der Waals surface area contributed by atoms with E-state index < -0.39 is 11.7 Å². The monoisotopic (exact) mass is 319 g/mol. The Morgan fingerprint density at radius 1 is 1.13 bits per heavy atom. The molecule has 0 saturated heterocycles. The third kappa shape index (κ3) is 3.03. The number of anilines is 1. The molecule has 0 aliphatic carbocycles. The molecule has 0 saturated carbocycles. The molecule has 0 amide bonds. The largest absolute Gasteiger partial charge is 0.416 e. The van der Waals surface area contributed by atoms with Crippen LogP contribution >= 0.6 is 0 Å². The Bertz CT molecular complexity index is 932. The third-order valence-corrected chi connectivity index (χ3v) is 3.46. The SMILES string of the molecule is Nc1ccc2ncn(Cc3cccc(C(F)(F)F)c3)c(=O)c2c1. The lowest BCUT2D eigenvalue weighted by Crippen LogP contribution is -2.21. The Morgan fingerprint density at radius 3 is 2.65 bits per heavy atom. The number of nitrogens with two attached hydrogens (primary N) is 1. The number of aromatic nitrogens is 2. The average Bonchev–Trinajstić information content (AvgIpc) is 2.50. The van der Waals surface area contributed by atoms with E-state index in [9.17, 15) is 18.0 Å². The molecule has 4 nitrogen and oxygen atoms in total. The van der Waals surface area contributed by atoms with Gasteiger partial charge < -0.3 is 5.73 Å². The minimum absolute atomic E-state index is 0.000488. The molecule has 23 heavy (non-hydrogen) atoms. The first-order valence-corrected chi connectivity index (χ1v) is 6.75. The Labute approximate surface area is 129 Å². The average molecular weight is 319 g/mol. The molecule has 0 spiro atoms. The third-order valence-electron chi connectivity index (χ3n) is 3.46. The molecular weight excluding hydrogens is 307 g/mol. The maximum atomic E-state index is 12.7. The van der Waals surface area contributed by atoms with Gasteiger partial charge in [0.1, 0.15) is 0 Å². The lowest BCUT2D eigenvalue weighted by Gasteiger charge is -2.10. The Morgan fingerprint density at radius 2 is 1.91 bits per heavy atom. The van der Waals surface area contributed by atoms with Crippen LogP contribution in [-0.2, 0) is 12.7 Å². The van der Waals surface area contributed by atoms with Crippen molar-refractivity contribution in [3.05, 3.63) is 70.3 Å². The van der Waals surface area contributed by atoms with Crippen molar-refractivity contribution >= 4 is 16.6 Å². The van der Waals surface area contributed by atoms with Crippen LogP contribution < -0.4 is 11.3 Å². The van der Waals surface area contributed by atoms with Crippen molar-refractivity contribution in [1.29, 1.82) is 0 Å². The zero-order chi connectivity index (χ0) is 16.6. The lowest BCUT2D eigenvalue weighted by molar-refractivity contribution is -0.137. The molecule has 0 fully saturated rings. The molecule has 1 aromatic heterocycles. The molecule has 0 radical (unpaired) electrons. The molecular formula is C16H12F3N3O. The highest BCUT2D eigenvalue weighted by molar-refractivity contribution is 5.80. The van der Waals surface area contributed by atoms with Crippen LogP contribution in [0.2, 0.25) is 0 Å². The van der Waals surface area contributed by atoms with Gasteiger partial charge in [0.25, 0.3) is 5.56 Å². The highest BCUT2D eigenvalue weighted by Crippen LogP contribution is 2.29. The molecule has 0 atom stereocenters. The number of nitrogens with zero attached hydrogens (tertiary/aromatic N) is 2. The zero-order valence-corrected chi connectivity index (χ0v) is 11.8. The van der Waals surface area contributed by atoms with Crippen molar-refractivity contribution in [2.75, 3.05) is 5.73 Å². The molecule has 0 aliphatic heterocycles. The maximum Gasteiger partial charge on any atom is 0.416 e. The second-order valence-corrected chi connectivity index (χ2v) is 5.15. The Kier molecular flexibility index (Phi) is 3.55. The molecule has 2 N–H and O–H groups in total. The summed E-state index contributed by atoms with van der Waals surface area (Å²) in [7, 11) is 0. The highest BCUT2D eigenvalue weighted by atomic mass is 19.4. The van der Waals surface area contributed by atoms with Gasteiger partial charge in [-0.3, -0.25) is 9.36 Å².